The minimum absolute atomic E-state index is 0.0995. The van der Waals surface area contributed by atoms with E-state index in [-0.39, 0.29) is 16.3 Å². The summed E-state index contributed by atoms with van der Waals surface area (Å²) in [5.74, 6) is 0. The highest BCUT2D eigenvalue weighted by molar-refractivity contribution is 7.90. The molecule has 1 rings (SSSR count). The summed E-state index contributed by atoms with van der Waals surface area (Å²) in [7, 11) is 0. The largest absolute Gasteiger partial charge is 0.598 e. The van der Waals surface area contributed by atoms with Crippen molar-refractivity contribution in [2.45, 2.75) is 50.4 Å². The molecule has 0 spiro atoms. The molecule has 1 aliphatic rings. The van der Waals surface area contributed by atoms with Crippen molar-refractivity contribution in [3.63, 3.8) is 0 Å². The van der Waals surface area contributed by atoms with E-state index in [1.807, 2.05) is 27.7 Å². The second-order valence-electron chi connectivity index (χ2n) is 5.33. The van der Waals surface area contributed by atoms with E-state index in [1.165, 1.54) is 0 Å². The van der Waals surface area contributed by atoms with Crippen molar-refractivity contribution in [1.82, 2.24) is 4.72 Å². The molecule has 1 aliphatic heterocycles. The Hall–Kier alpha value is 0.190. The molecule has 0 aromatic heterocycles. The molecule has 0 amide bonds. The predicted octanol–water partition coefficient (Wildman–Crippen LogP) is 0.545. The Morgan fingerprint density at radius 2 is 2.13 bits per heavy atom. The lowest BCUT2D eigenvalue weighted by atomic mass is 9.89. The highest BCUT2D eigenvalue weighted by Gasteiger charge is 2.41. The van der Waals surface area contributed by atoms with E-state index in [0.717, 1.165) is 6.42 Å². The Morgan fingerprint density at radius 3 is 2.60 bits per heavy atom. The Balaban J connectivity index is 2.62. The number of nitrogens with two attached hydrogens (primary N) is 1. The highest BCUT2D eigenvalue weighted by atomic mass is 32.2. The van der Waals surface area contributed by atoms with Gasteiger partial charge in [-0.25, -0.2) is 0 Å². The third-order valence-electron chi connectivity index (χ3n) is 2.76. The Bertz CT molecular complexity index is 220. The maximum Gasteiger partial charge on any atom is 0.136 e. The topological polar surface area (TPSA) is 70.3 Å². The SMILES string of the molecule is CC(C)(C)[S+]([O-])N[C@]1(C)CCOC[C@@H]1N. The van der Waals surface area contributed by atoms with Gasteiger partial charge in [0.25, 0.3) is 0 Å². The van der Waals surface area contributed by atoms with Crippen LogP contribution in [0.25, 0.3) is 0 Å². The lowest BCUT2D eigenvalue weighted by Crippen LogP contribution is -2.64. The molecule has 0 bridgehead atoms. The van der Waals surface area contributed by atoms with Crippen molar-refractivity contribution in [3.8, 4) is 0 Å². The Kier molecular flexibility index (Phi) is 4.06. The molecule has 0 radical (unpaired) electrons. The van der Waals surface area contributed by atoms with E-state index in [1.54, 1.807) is 0 Å². The Labute approximate surface area is 95.3 Å². The molecule has 4 nitrogen and oxygen atoms in total. The first kappa shape index (κ1) is 13.3. The molecule has 15 heavy (non-hydrogen) atoms. The summed E-state index contributed by atoms with van der Waals surface area (Å²) in [6.07, 6.45) is 0.802. The molecular formula is C10H22N2O2S. The fourth-order valence-electron chi connectivity index (χ4n) is 1.36. The zero-order valence-corrected chi connectivity index (χ0v) is 10.8. The lowest BCUT2D eigenvalue weighted by Gasteiger charge is -2.41. The van der Waals surface area contributed by atoms with E-state index < -0.39 is 11.4 Å². The molecule has 1 unspecified atom stereocenters. The van der Waals surface area contributed by atoms with Crippen LogP contribution in [0, 0.1) is 0 Å². The van der Waals surface area contributed by atoms with Crippen LogP contribution in [0.15, 0.2) is 0 Å². The monoisotopic (exact) mass is 234 g/mol. The fourth-order valence-corrected chi connectivity index (χ4v) is 2.34. The van der Waals surface area contributed by atoms with Gasteiger partial charge in [0.2, 0.25) is 0 Å². The molecule has 0 aromatic rings. The van der Waals surface area contributed by atoms with Crippen LogP contribution in [0.3, 0.4) is 0 Å². The average molecular weight is 234 g/mol. The van der Waals surface area contributed by atoms with E-state index in [2.05, 4.69) is 4.72 Å². The number of hydrogen-bond donors (Lipinski definition) is 2. The van der Waals surface area contributed by atoms with E-state index in [0.29, 0.717) is 13.2 Å². The van der Waals surface area contributed by atoms with Crippen LogP contribution in [0.5, 0.6) is 0 Å². The summed E-state index contributed by atoms with van der Waals surface area (Å²) in [5, 5.41) is 0. The second-order valence-corrected chi connectivity index (χ2v) is 7.30. The Morgan fingerprint density at radius 1 is 1.53 bits per heavy atom. The van der Waals surface area contributed by atoms with Gasteiger partial charge in [-0.2, -0.15) is 0 Å². The van der Waals surface area contributed by atoms with Crippen LogP contribution in [-0.4, -0.2) is 34.1 Å². The van der Waals surface area contributed by atoms with Crippen molar-refractivity contribution >= 4 is 11.4 Å². The van der Waals surface area contributed by atoms with Gasteiger partial charge in [-0.3, -0.25) is 0 Å². The van der Waals surface area contributed by atoms with Crippen LogP contribution in [0.1, 0.15) is 34.1 Å². The van der Waals surface area contributed by atoms with Crippen LogP contribution in [0.2, 0.25) is 0 Å². The van der Waals surface area contributed by atoms with Crippen molar-refractivity contribution in [2.24, 2.45) is 5.73 Å². The standard InChI is InChI=1S/C10H22N2O2S/c1-9(2,3)15(13)12-10(4)5-6-14-7-8(10)11/h8,12H,5-7,11H2,1-4H3/t8-,10+,15?/m0/s1. The first-order valence-electron chi connectivity index (χ1n) is 5.29. The average Bonchev–Trinajstić information content (AvgIpc) is 2.09. The van der Waals surface area contributed by atoms with Crippen molar-refractivity contribution in [2.75, 3.05) is 13.2 Å². The van der Waals surface area contributed by atoms with Gasteiger partial charge in [-0.1, -0.05) is 0 Å². The molecule has 1 heterocycles. The number of rotatable bonds is 2. The zero-order valence-electron chi connectivity index (χ0n) is 10.0. The first-order chi connectivity index (χ1) is 6.76. The minimum atomic E-state index is -1.08. The molecule has 0 saturated carbocycles. The number of nitrogens with one attached hydrogen (secondary N) is 1. The van der Waals surface area contributed by atoms with Gasteiger partial charge in [0.15, 0.2) is 0 Å². The molecule has 5 heteroatoms. The molecular weight excluding hydrogens is 212 g/mol. The molecule has 3 atom stereocenters. The third kappa shape index (κ3) is 3.32. The van der Waals surface area contributed by atoms with E-state index in [4.69, 9.17) is 10.5 Å². The van der Waals surface area contributed by atoms with E-state index in [9.17, 15) is 4.55 Å². The normalized spacial score (nSPS) is 35.2. The maximum atomic E-state index is 12.0. The fraction of sp³-hybridized carbons (Fsp3) is 1.00. The first-order valence-corrected chi connectivity index (χ1v) is 6.44. The van der Waals surface area contributed by atoms with Gasteiger partial charge >= 0.3 is 0 Å². The minimum Gasteiger partial charge on any atom is -0.598 e. The summed E-state index contributed by atoms with van der Waals surface area (Å²) < 4.78 is 20.2. The second kappa shape index (κ2) is 4.59. The smallest absolute Gasteiger partial charge is 0.136 e. The third-order valence-corrected chi connectivity index (χ3v) is 4.53. The summed E-state index contributed by atoms with van der Waals surface area (Å²) >= 11 is -1.08. The van der Waals surface area contributed by atoms with Gasteiger partial charge in [0.1, 0.15) is 4.75 Å². The lowest BCUT2D eigenvalue weighted by molar-refractivity contribution is 0.0356. The van der Waals surface area contributed by atoms with Crippen LogP contribution in [-0.2, 0) is 16.1 Å². The molecule has 90 valence electrons. The van der Waals surface area contributed by atoms with Crippen LogP contribution < -0.4 is 10.5 Å². The van der Waals surface area contributed by atoms with Gasteiger partial charge in [0, 0.05) is 18.0 Å². The molecule has 1 fully saturated rings. The molecule has 1 saturated heterocycles. The zero-order chi connectivity index (χ0) is 11.7. The predicted molar refractivity (Wildman–Crippen MR) is 62.8 cm³/mol. The number of hydrogen-bond acceptors (Lipinski definition) is 4. The summed E-state index contributed by atoms with van der Waals surface area (Å²) in [4.78, 5) is 0. The van der Waals surface area contributed by atoms with Crippen molar-refractivity contribution in [1.29, 1.82) is 0 Å². The van der Waals surface area contributed by atoms with Gasteiger partial charge < -0.3 is 15.0 Å². The van der Waals surface area contributed by atoms with Gasteiger partial charge in [-0.05, 0) is 34.1 Å². The molecule has 3 N–H and O–H groups in total. The molecule has 0 aromatic carbocycles. The molecule has 0 aliphatic carbocycles. The van der Waals surface area contributed by atoms with Crippen molar-refractivity contribution in [3.05, 3.63) is 0 Å². The highest BCUT2D eigenvalue weighted by Crippen LogP contribution is 2.24. The van der Waals surface area contributed by atoms with Gasteiger partial charge in [-0.15, -0.1) is 4.72 Å². The van der Waals surface area contributed by atoms with Crippen LogP contribution in [0.4, 0.5) is 0 Å². The number of ether oxygens (including phenoxy) is 1. The quantitative estimate of drug-likeness (QED) is 0.684. The van der Waals surface area contributed by atoms with E-state index >= 15 is 0 Å². The summed E-state index contributed by atoms with van der Waals surface area (Å²) in [6.45, 7) is 9.08. The maximum absolute atomic E-state index is 12.0. The van der Waals surface area contributed by atoms with Crippen molar-refractivity contribution < 1.29 is 9.29 Å². The summed E-state index contributed by atoms with van der Waals surface area (Å²) in [5.41, 5.74) is 5.70. The van der Waals surface area contributed by atoms with Gasteiger partial charge in [0.05, 0.1) is 18.2 Å². The van der Waals surface area contributed by atoms with Crippen LogP contribution >= 0.6 is 0 Å². The summed E-state index contributed by atoms with van der Waals surface area (Å²) in [6, 6.07) is -0.0995.